The van der Waals surface area contributed by atoms with Crippen LogP contribution >= 0.6 is 0 Å². The van der Waals surface area contributed by atoms with Gasteiger partial charge < -0.3 is 19.4 Å². The molecule has 7 heteroatoms. The molecule has 1 aromatic carbocycles. The largest absolute Gasteiger partial charge is 0.465 e. The molecule has 0 fully saturated rings. The van der Waals surface area contributed by atoms with Crippen LogP contribution in [0.3, 0.4) is 0 Å². The van der Waals surface area contributed by atoms with Gasteiger partial charge in [-0.15, -0.1) is 0 Å². The molecule has 32 heavy (non-hydrogen) atoms. The molecule has 1 aromatic heterocycles. The van der Waals surface area contributed by atoms with E-state index in [0.29, 0.717) is 25.9 Å². The highest BCUT2D eigenvalue weighted by atomic mass is 19.1. The molecular formula is C25H29FN2O4. The fraction of sp³-hybridized carbons (Fsp3) is 0.360. The first-order valence-corrected chi connectivity index (χ1v) is 10.6. The molecule has 1 unspecified atom stereocenters. The van der Waals surface area contributed by atoms with Crippen LogP contribution in [0.2, 0.25) is 0 Å². The minimum absolute atomic E-state index is 0.0669. The van der Waals surface area contributed by atoms with Crippen LogP contribution in [0.4, 0.5) is 9.18 Å². The minimum atomic E-state index is -0.573. The van der Waals surface area contributed by atoms with Gasteiger partial charge in [0.05, 0.1) is 6.61 Å². The molecule has 0 spiro atoms. The molecule has 3 rings (SSSR count). The number of esters is 1. The molecule has 2 aromatic rings. The molecule has 1 heterocycles. The number of nitrogens with zero attached hydrogens (tertiary/aromatic N) is 1. The number of nitrogens with one attached hydrogen (secondary N) is 1. The second kappa shape index (κ2) is 9.85. The van der Waals surface area contributed by atoms with Gasteiger partial charge in [0, 0.05) is 22.1 Å². The monoisotopic (exact) mass is 440 g/mol. The van der Waals surface area contributed by atoms with E-state index in [1.807, 2.05) is 11.5 Å². The molecule has 1 N–H and O–H groups in total. The maximum Gasteiger partial charge on any atom is 0.407 e. The molecular weight excluding hydrogens is 411 g/mol. The zero-order chi connectivity index (χ0) is 23.3. The average molecular weight is 441 g/mol. The number of allylic oxidation sites excluding steroid dienone is 2. The van der Waals surface area contributed by atoms with E-state index in [9.17, 15) is 14.0 Å². The Morgan fingerprint density at radius 3 is 2.78 bits per heavy atom. The summed E-state index contributed by atoms with van der Waals surface area (Å²) >= 11 is 0. The third-order valence-corrected chi connectivity index (χ3v) is 5.69. The number of aromatic nitrogens is 1. The Labute approximate surface area is 187 Å². The van der Waals surface area contributed by atoms with E-state index in [1.165, 1.54) is 12.1 Å². The lowest BCUT2D eigenvalue weighted by atomic mass is 9.81. The van der Waals surface area contributed by atoms with Crippen molar-refractivity contribution in [1.82, 2.24) is 9.88 Å². The van der Waals surface area contributed by atoms with Gasteiger partial charge in [-0.3, -0.25) is 4.79 Å². The van der Waals surface area contributed by atoms with E-state index in [1.54, 1.807) is 31.2 Å². The molecule has 0 radical (unpaired) electrons. The van der Waals surface area contributed by atoms with Gasteiger partial charge in [0.25, 0.3) is 0 Å². The lowest BCUT2D eigenvalue weighted by molar-refractivity contribution is -0.143. The van der Waals surface area contributed by atoms with Crippen molar-refractivity contribution in [2.75, 3.05) is 13.2 Å². The summed E-state index contributed by atoms with van der Waals surface area (Å²) in [6, 6.07) is 4.55. The lowest BCUT2D eigenvalue weighted by Crippen LogP contribution is -2.50. The number of carbonyl (C=O) groups is 2. The summed E-state index contributed by atoms with van der Waals surface area (Å²) in [4.78, 5) is 24.6. The van der Waals surface area contributed by atoms with E-state index >= 15 is 0 Å². The highest BCUT2D eigenvalue weighted by Crippen LogP contribution is 2.36. The Kier molecular flexibility index (Phi) is 7.18. The Morgan fingerprint density at radius 2 is 2.09 bits per heavy atom. The second-order valence-corrected chi connectivity index (χ2v) is 8.10. The minimum Gasteiger partial charge on any atom is -0.465 e. The molecule has 1 amide bonds. The first kappa shape index (κ1) is 23.3. The predicted molar refractivity (Wildman–Crippen MR) is 122 cm³/mol. The smallest absolute Gasteiger partial charge is 0.407 e. The van der Waals surface area contributed by atoms with Gasteiger partial charge >= 0.3 is 12.1 Å². The van der Waals surface area contributed by atoms with Crippen LogP contribution in [-0.2, 0) is 33.7 Å². The lowest BCUT2D eigenvalue weighted by Gasteiger charge is -2.35. The molecule has 0 saturated heterocycles. The van der Waals surface area contributed by atoms with Crippen molar-refractivity contribution in [3.8, 4) is 0 Å². The van der Waals surface area contributed by atoms with Crippen molar-refractivity contribution in [2.45, 2.75) is 45.2 Å². The van der Waals surface area contributed by atoms with Crippen LogP contribution in [0.5, 0.6) is 0 Å². The van der Waals surface area contributed by atoms with E-state index in [4.69, 9.17) is 9.47 Å². The van der Waals surface area contributed by atoms with Crippen molar-refractivity contribution in [3.63, 3.8) is 0 Å². The third kappa shape index (κ3) is 5.10. The molecule has 170 valence electrons. The van der Waals surface area contributed by atoms with Crippen LogP contribution in [0.15, 0.2) is 55.2 Å². The van der Waals surface area contributed by atoms with Crippen LogP contribution in [0.25, 0.3) is 10.9 Å². The van der Waals surface area contributed by atoms with Gasteiger partial charge in [0.15, 0.2) is 0 Å². The molecule has 1 aliphatic rings. The van der Waals surface area contributed by atoms with Crippen molar-refractivity contribution >= 4 is 23.0 Å². The zero-order valence-electron chi connectivity index (χ0n) is 18.6. The summed E-state index contributed by atoms with van der Waals surface area (Å²) in [5, 5.41) is 3.71. The quantitative estimate of drug-likeness (QED) is 0.481. The highest BCUT2D eigenvalue weighted by molar-refractivity contribution is 5.87. The van der Waals surface area contributed by atoms with Gasteiger partial charge in [-0.05, 0) is 62.4 Å². The number of amides is 1. The fourth-order valence-corrected chi connectivity index (χ4v) is 4.19. The standard InChI is InChI=1S/C25H29FN2O4/c1-5-8-17(6-2)16-32-24(30)27-25(4)12-11-22-20(14-25)19-13-18(26)9-10-21(19)28(22)15-23(29)31-7-3/h5-6,8-10,13H,1-2,7,11-12,14-16H2,3-4H3,(H,27,30). The van der Waals surface area contributed by atoms with Gasteiger partial charge in [-0.2, -0.15) is 0 Å². The molecule has 0 saturated carbocycles. The van der Waals surface area contributed by atoms with Crippen LogP contribution in [0.1, 0.15) is 31.5 Å². The summed E-state index contributed by atoms with van der Waals surface area (Å²) in [5.74, 6) is -0.684. The Bertz CT molecular complexity index is 1090. The molecule has 6 nitrogen and oxygen atoms in total. The Balaban J connectivity index is 1.84. The number of hydrogen-bond donors (Lipinski definition) is 1. The maximum absolute atomic E-state index is 14.1. The van der Waals surface area contributed by atoms with Crippen molar-refractivity contribution in [1.29, 1.82) is 0 Å². The van der Waals surface area contributed by atoms with Gasteiger partial charge in [-0.1, -0.05) is 31.4 Å². The number of fused-ring (bicyclic) bond motifs is 3. The average Bonchev–Trinajstić information content (AvgIpc) is 3.02. The second-order valence-electron chi connectivity index (χ2n) is 8.10. The number of benzene rings is 1. The van der Waals surface area contributed by atoms with Crippen molar-refractivity contribution in [3.05, 3.63) is 72.2 Å². The third-order valence-electron chi connectivity index (χ3n) is 5.69. The summed E-state index contributed by atoms with van der Waals surface area (Å²) in [7, 11) is 0. The van der Waals surface area contributed by atoms with Gasteiger partial charge in [0.2, 0.25) is 0 Å². The maximum atomic E-state index is 14.1. The van der Waals surface area contributed by atoms with Crippen LogP contribution in [0, 0.1) is 5.82 Å². The van der Waals surface area contributed by atoms with Crippen molar-refractivity contribution < 1.29 is 23.5 Å². The number of rotatable bonds is 8. The number of ether oxygens (including phenoxy) is 2. The van der Waals surface area contributed by atoms with Crippen molar-refractivity contribution in [2.24, 2.45) is 0 Å². The Morgan fingerprint density at radius 1 is 1.31 bits per heavy atom. The summed E-state index contributed by atoms with van der Waals surface area (Å²) in [6.45, 7) is 11.5. The number of alkyl carbamates (subject to hydrolysis) is 1. The fourth-order valence-electron chi connectivity index (χ4n) is 4.19. The number of hydrogen-bond acceptors (Lipinski definition) is 4. The topological polar surface area (TPSA) is 69.6 Å². The predicted octanol–water partition coefficient (Wildman–Crippen LogP) is 4.62. The molecule has 1 atom stereocenters. The zero-order valence-corrected chi connectivity index (χ0v) is 18.6. The number of halogens is 1. The summed E-state index contributed by atoms with van der Waals surface area (Å²) in [6.07, 6.45) is 6.16. The number of carbonyl (C=O) groups excluding carboxylic acids is 2. The highest BCUT2D eigenvalue weighted by Gasteiger charge is 2.35. The summed E-state index contributed by atoms with van der Waals surface area (Å²) in [5.41, 5.74) is 2.84. The first-order valence-electron chi connectivity index (χ1n) is 10.6. The molecule has 0 aliphatic heterocycles. The normalized spacial score (nSPS) is 18.0. The van der Waals surface area contributed by atoms with Crippen LogP contribution < -0.4 is 5.32 Å². The Hall–Kier alpha value is -3.35. The van der Waals surface area contributed by atoms with Gasteiger partial charge in [-0.25, -0.2) is 9.18 Å². The van der Waals surface area contributed by atoms with Crippen LogP contribution in [-0.4, -0.2) is 35.4 Å². The molecule has 0 bridgehead atoms. The first-order chi connectivity index (χ1) is 15.3. The van der Waals surface area contributed by atoms with E-state index < -0.39 is 11.6 Å². The van der Waals surface area contributed by atoms with E-state index in [-0.39, 0.29) is 24.9 Å². The van der Waals surface area contributed by atoms with Gasteiger partial charge in [0.1, 0.15) is 19.0 Å². The van der Waals surface area contributed by atoms with E-state index in [2.05, 4.69) is 18.5 Å². The van der Waals surface area contributed by atoms with E-state index in [0.717, 1.165) is 27.7 Å². The summed E-state index contributed by atoms with van der Waals surface area (Å²) < 4.78 is 26.4. The SMILES string of the molecule is C=CC=C(C=C)COC(=O)NC1(C)CCc2c(c3cc(F)ccc3n2CC(=O)OCC)C1. The molecule has 1 aliphatic carbocycles.